The predicted molar refractivity (Wildman–Crippen MR) is 109 cm³/mol. The molecule has 2 aliphatic heterocycles. The minimum atomic E-state index is -3.48. The molecule has 4 rings (SSSR count). The van der Waals surface area contributed by atoms with E-state index >= 15 is 0 Å². The van der Waals surface area contributed by atoms with Gasteiger partial charge in [0.2, 0.25) is 5.09 Å². The summed E-state index contributed by atoms with van der Waals surface area (Å²) in [6, 6.07) is 11.4. The summed E-state index contributed by atoms with van der Waals surface area (Å²) in [5.41, 5.74) is 1.23. The van der Waals surface area contributed by atoms with E-state index in [2.05, 4.69) is 15.9 Å². The first kappa shape index (κ1) is 19.9. The first-order valence-corrected chi connectivity index (χ1v) is 11.6. The molecule has 0 unspecified atom stereocenters. The highest BCUT2D eigenvalue weighted by atomic mass is 35.5. The Kier molecular flexibility index (Phi) is 6.08. The van der Waals surface area contributed by atoms with Crippen LogP contribution in [0.4, 0.5) is 0 Å². The quantitative estimate of drug-likeness (QED) is 0.714. The van der Waals surface area contributed by atoms with E-state index in [1.807, 2.05) is 18.2 Å². The fourth-order valence-electron chi connectivity index (χ4n) is 3.86. The van der Waals surface area contributed by atoms with Crippen LogP contribution in [0.25, 0.3) is 0 Å². The summed E-state index contributed by atoms with van der Waals surface area (Å²) in [4.78, 5) is 4.72. The summed E-state index contributed by atoms with van der Waals surface area (Å²) in [5.74, 6) is 0.709. The molecule has 28 heavy (non-hydrogen) atoms. The lowest BCUT2D eigenvalue weighted by atomic mass is 10.2. The zero-order chi connectivity index (χ0) is 19.6. The number of benzene rings is 1. The predicted octanol–water partition coefficient (Wildman–Crippen LogP) is 3.04. The number of halogens is 1. The van der Waals surface area contributed by atoms with Crippen molar-refractivity contribution >= 4 is 21.6 Å². The monoisotopic (exact) mass is 423 g/mol. The molecule has 6 nitrogen and oxygen atoms in total. The molecule has 152 valence electrons. The third kappa shape index (κ3) is 4.60. The van der Waals surface area contributed by atoms with Crippen LogP contribution in [-0.2, 0) is 23.1 Å². The Morgan fingerprint density at radius 2 is 1.57 bits per heavy atom. The molecule has 2 aliphatic rings. The highest BCUT2D eigenvalue weighted by Crippen LogP contribution is 2.23. The second kappa shape index (κ2) is 8.55. The highest BCUT2D eigenvalue weighted by molar-refractivity contribution is 7.89. The Balaban J connectivity index is 1.30. The Morgan fingerprint density at radius 1 is 0.893 bits per heavy atom. The molecule has 0 radical (unpaired) electrons. The smallest absolute Gasteiger partial charge is 0.276 e. The molecule has 1 aromatic heterocycles. The number of hydrogen-bond acceptors (Lipinski definition) is 5. The average molecular weight is 424 g/mol. The van der Waals surface area contributed by atoms with Crippen LogP contribution in [0.3, 0.4) is 0 Å². The van der Waals surface area contributed by atoms with Gasteiger partial charge in [-0.2, -0.15) is 4.31 Å². The van der Waals surface area contributed by atoms with E-state index in [9.17, 15) is 8.42 Å². The van der Waals surface area contributed by atoms with E-state index < -0.39 is 10.0 Å². The van der Waals surface area contributed by atoms with Crippen molar-refractivity contribution in [3.05, 3.63) is 52.7 Å². The van der Waals surface area contributed by atoms with Gasteiger partial charge in [-0.15, -0.1) is 0 Å². The lowest BCUT2D eigenvalue weighted by molar-refractivity contribution is 0.114. The molecule has 0 spiro atoms. The zero-order valence-electron chi connectivity index (χ0n) is 15.9. The van der Waals surface area contributed by atoms with Crippen LogP contribution in [-0.4, -0.2) is 61.8 Å². The average Bonchev–Trinajstić information content (AvgIpc) is 3.36. The van der Waals surface area contributed by atoms with E-state index in [0.29, 0.717) is 25.4 Å². The molecule has 2 fully saturated rings. The van der Waals surface area contributed by atoms with Gasteiger partial charge in [-0.3, -0.25) is 9.80 Å². The van der Waals surface area contributed by atoms with Crippen LogP contribution in [0.1, 0.15) is 24.2 Å². The first-order valence-electron chi connectivity index (χ1n) is 9.79. The van der Waals surface area contributed by atoms with E-state index in [1.54, 1.807) is 12.1 Å². The van der Waals surface area contributed by atoms with Gasteiger partial charge in [0, 0.05) is 50.8 Å². The normalized spacial score (nSPS) is 20.0. The van der Waals surface area contributed by atoms with Gasteiger partial charge in [-0.1, -0.05) is 23.7 Å². The Labute approximate surface area is 171 Å². The molecule has 2 saturated heterocycles. The first-order chi connectivity index (χ1) is 13.5. The maximum absolute atomic E-state index is 12.6. The van der Waals surface area contributed by atoms with Crippen LogP contribution >= 0.6 is 11.6 Å². The van der Waals surface area contributed by atoms with Gasteiger partial charge in [0.1, 0.15) is 5.76 Å². The minimum Gasteiger partial charge on any atom is -0.447 e. The van der Waals surface area contributed by atoms with Gasteiger partial charge in [-0.25, -0.2) is 8.42 Å². The number of nitrogens with zero attached hydrogens (tertiary/aromatic N) is 3. The molecule has 0 aliphatic carbocycles. The SMILES string of the molecule is O=S(=O)(c1ccc(CN2CCN(Cc3cccc(Cl)c3)CC2)o1)N1CCCC1. The van der Waals surface area contributed by atoms with Crippen molar-refractivity contribution in [3.8, 4) is 0 Å². The third-order valence-corrected chi connectivity index (χ3v) is 7.44. The molecular weight excluding hydrogens is 398 g/mol. The summed E-state index contributed by atoms with van der Waals surface area (Å²) in [5, 5.41) is 0.845. The lowest BCUT2D eigenvalue weighted by Crippen LogP contribution is -2.45. The molecule has 1 aromatic carbocycles. The summed E-state index contributed by atoms with van der Waals surface area (Å²) in [6.45, 7) is 6.50. The largest absolute Gasteiger partial charge is 0.447 e. The molecular formula is C20H26ClN3O3S. The maximum Gasteiger partial charge on any atom is 0.276 e. The maximum atomic E-state index is 12.6. The van der Waals surface area contributed by atoms with Crippen LogP contribution in [0.15, 0.2) is 45.9 Å². The van der Waals surface area contributed by atoms with Gasteiger partial charge < -0.3 is 4.42 Å². The van der Waals surface area contributed by atoms with E-state index in [-0.39, 0.29) is 5.09 Å². The zero-order valence-corrected chi connectivity index (χ0v) is 17.5. The summed E-state index contributed by atoms with van der Waals surface area (Å²) in [6.07, 6.45) is 1.85. The molecule has 8 heteroatoms. The lowest BCUT2D eigenvalue weighted by Gasteiger charge is -2.34. The van der Waals surface area contributed by atoms with Crippen molar-refractivity contribution in [1.29, 1.82) is 0 Å². The van der Waals surface area contributed by atoms with Gasteiger partial charge in [-0.05, 0) is 42.7 Å². The van der Waals surface area contributed by atoms with Crippen LogP contribution in [0.5, 0.6) is 0 Å². The van der Waals surface area contributed by atoms with Gasteiger partial charge in [0.05, 0.1) is 6.54 Å². The van der Waals surface area contributed by atoms with E-state index in [1.165, 1.54) is 9.87 Å². The summed E-state index contributed by atoms with van der Waals surface area (Å²) >= 11 is 6.07. The Morgan fingerprint density at radius 3 is 2.25 bits per heavy atom. The molecule has 0 N–H and O–H groups in total. The van der Waals surface area contributed by atoms with Crippen molar-refractivity contribution in [2.75, 3.05) is 39.3 Å². The molecule has 0 saturated carbocycles. The summed E-state index contributed by atoms with van der Waals surface area (Å²) in [7, 11) is -3.48. The second-order valence-corrected chi connectivity index (χ2v) is 9.82. The summed E-state index contributed by atoms with van der Waals surface area (Å²) < 4.78 is 32.4. The highest BCUT2D eigenvalue weighted by Gasteiger charge is 2.30. The number of piperazine rings is 1. The van der Waals surface area contributed by atoms with Crippen molar-refractivity contribution in [3.63, 3.8) is 0 Å². The molecule has 2 aromatic rings. The standard InChI is InChI=1S/C20H26ClN3O3S/c21-18-5-3-4-17(14-18)15-22-10-12-23(13-11-22)16-19-6-7-20(27-19)28(25,26)24-8-1-2-9-24/h3-7,14H,1-2,8-13,15-16H2. The van der Waals surface area contributed by atoms with Crippen LogP contribution in [0, 0.1) is 0 Å². The molecule has 3 heterocycles. The molecule has 0 bridgehead atoms. The number of rotatable bonds is 6. The van der Waals surface area contributed by atoms with Gasteiger partial charge in [0.25, 0.3) is 10.0 Å². The number of sulfonamides is 1. The third-order valence-electron chi connectivity index (χ3n) is 5.44. The number of hydrogen-bond donors (Lipinski definition) is 0. The topological polar surface area (TPSA) is 57.0 Å². The Bertz CT molecular complexity index is 901. The van der Waals surface area contributed by atoms with Crippen molar-refractivity contribution in [2.24, 2.45) is 0 Å². The van der Waals surface area contributed by atoms with Gasteiger partial charge in [0.15, 0.2) is 0 Å². The van der Waals surface area contributed by atoms with E-state index in [4.69, 9.17) is 16.0 Å². The number of furan rings is 1. The fourth-order valence-corrected chi connectivity index (χ4v) is 5.52. The second-order valence-electron chi connectivity index (χ2n) is 7.51. The van der Waals surface area contributed by atoms with Crippen LogP contribution in [0.2, 0.25) is 5.02 Å². The fraction of sp³-hybridized carbons (Fsp3) is 0.500. The van der Waals surface area contributed by atoms with Crippen LogP contribution < -0.4 is 0 Å². The molecule has 0 atom stereocenters. The van der Waals surface area contributed by atoms with Crippen molar-refractivity contribution in [1.82, 2.24) is 14.1 Å². The van der Waals surface area contributed by atoms with Gasteiger partial charge >= 0.3 is 0 Å². The Hall–Kier alpha value is -1.38. The minimum absolute atomic E-state index is 0.0731. The van der Waals surface area contributed by atoms with Crippen molar-refractivity contribution < 1.29 is 12.8 Å². The molecule has 0 amide bonds. The van der Waals surface area contributed by atoms with Crippen molar-refractivity contribution in [2.45, 2.75) is 31.0 Å². The van der Waals surface area contributed by atoms with E-state index in [0.717, 1.165) is 50.6 Å².